The zero-order chi connectivity index (χ0) is 16.8. The van der Waals surface area contributed by atoms with Crippen LogP contribution in [-0.2, 0) is 10.0 Å². The number of nitrogens with one attached hydrogen (secondary N) is 2. The van der Waals surface area contributed by atoms with E-state index in [4.69, 9.17) is 0 Å². The van der Waals surface area contributed by atoms with Crippen molar-refractivity contribution in [3.05, 3.63) is 29.8 Å². The fourth-order valence-electron chi connectivity index (χ4n) is 1.85. The summed E-state index contributed by atoms with van der Waals surface area (Å²) < 4.78 is 26.2. The fraction of sp³-hybridized carbons (Fsp3) is 0.533. The molecule has 1 amide bonds. The molecule has 0 spiro atoms. The SMILES string of the molecule is CCNS(=O)(=O)c1cccc(C(=O)NCC[C@H](O)C(C)C)c1. The number of carbonyl (C=O) groups excluding carboxylic acids is 1. The lowest BCUT2D eigenvalue weighted by Crippen LogP contribution is -2.29. The van der Waals surface area contributed by atoms with Gasteiger partial charge in [0.05, 0.1) is 11.0 Å². The minimum atomic E-state index is -3.58. The number of aliphatic hydroxyl groups is 1. The van der Waals surface area contributed by atoms with Gasteiger partial charge < -0.3 is 10.4 Å². The van der Waals surface area contributed by atoms with Gasteiger partial charge in [-0.1, -0.05) is 26.8 Å². The highest BCUT2D eigenvalue weighted by Crippen LogP contribution is 2.11. The van der Waals surface area contributed by atoms with E-state index in [1.54, 1.807) is 13.0 Å². The highest BCUT2D eigenvalue weighted by molar-refractivity contribution is 7.89. The normalized spacial score (nSPS) is 13.1. The third kappa shape index (κ3) is 5.40. The van der Waals surface area contributed by atoms with Crippen molar-refractivity contribution in [3.63, 3.8) is 0 Å². The molecule has 1 aromatic carbocycles. The summed E-state index contributed by atoms with van der Waals surface area (Å²) in [7, 11) is -3.58. The molecule has 0 aliphatic carbocycles. The standard InChI is InChI=1S/C15H24N2O4S/c1-4-17-22(20,21)13-7-5-6-12(10-13)15(19)16-9-8-14(18)11(2)3/h5-7,10-11,14,17-18H,4,8-9H2,1-3H3,(H,16,19)/t14-/m0/s1. The van der Waals surface area contributed by atoms with Crippen LogP contribution in [0, 0.1) is 5.92 Å². The molecule has 0 aliphatic rings. The Morgan fingerprint density at radius 2 is 2.00 bits per heavy atom. The van der Waals surface area contributed by atoms with Crippen LogP contribution in [0.15, 0.2) is 29.2 Å². The first-order valence-corrected chi connectivity index (χ1v) is 8.82. The van der Waals surface area contributed by atoms with Crippen LogP contribution in [0.3, 0.4) is 0 Å². The van der Waals surface area contributed by atoms with Crippen LogP contribution in [0.5, 0.6) is 0 Å². The van der Waals surface area contributed by atoms with E-state index in [0.717, 1.165) is 0 Å². The summed E-state index contributed by atoms with van der Waals surface area (Å²) in [6.45, 7) is 6.12. The van der Waals surface area contributed by atoms with E-state index in [9.17, 15) is 18.3 Å². The fourth-order valence-corrected chi connectivity index (χ4v) is 2.93. The molecule has 1 aromatic rings. The van der Waals surface area contributed by atoms with Crippen LogP contribution in [0.25, 0.3) is 0 Å². The molecule has 0 aliphatic heterocycles. The maximum Gasteiger partial charge on any atom is 0.251 e. The summed E-state index contributed by atoms with van der Waals surface area (Å²) in [6.07, 6.45) is -0.0144. The number of carbonyl (C=O) groups is 1. The lowest BCUT2D eigenvalue weighted by molar-refractivity contribution is 0.0920. The number of hydrogen-bond donors (Lipinski definition) is 3. The first-order valence-electron chi connectivity index (χ1n) is 7.34. The predicted molar refractivity (Wildman–Crippen MR) is 85.1 cm³/mol. The lowest BCUT2D eigenvalue weighted by atomic mass is 10.0. The summed E-state index contributed by atoms with van der Waals surface area (Å²) in [5.74, 6) is -0.227. The van der Waals surface area contributed by atoms with Crippen LogP contribution in [0.4, 0.5) is 0 Å². The Bertz CT molecular complexity index is 599. The van der Waals surface area contributed by atoms with Gasteiger partial charge in [-0.15, -0.1) is 0 Å². The van der Waals surface area contributed by atoms with Crippen molar-refractivity contribution in [3.8, 4) is 0 Å². The van der Waals surface area contributed by atoms with Gasteiger partial charge in [0.1, 0.15) is 0 Å². The van der Waals surface area contributed by atoms with E-state index in [2.05, 4.69) is 10.0 Å². The van der Waals surface area contributed by atoms with Crippen molar-refractivity contribution in [2.45, 2.75) is 38.2 Å². The molecule has 0 bridgehead atoms. The summed E-state index contributed by atoms with van der Waals surface area (Å²) in [5.41, 5.74) is 0.276. The Morgan fingerprint density at radius 1 is 1.32 bits per heavy atom. The van der Waals surface area contributed by atoms with Gasteiger partial charge in [-0.05, 0) is 30.5 Å². The second-order valence-corrected chi connectivity index (χ2v) is 7.15. The zero-order valence-corrected chi connectivity index (χ0v) is 14.0. The smallest absolute Gasteiger partial charge is 0.251 e. The number of rotatable bonds is 8. The molecule has 0 heterocycles. The second-order valence-electron chi connectivity index (χ2n) is 5.39. The average Bonchev–Trinajstić information content (AvgIpc) is 2.47. The van der Waals surface area contributed by atoms with Crippen molar-refractivity contribution in [2.24, 2.45) is 5.92 Å². The van der Waals surface area contributed by atoms with Gasteiger partial charge in [-0.25, -0.2) is 13.1 Å². The Balaban J connectivity index is 2.71. The molecule has 0 unspecified atom stereocenters. The topological polar surface area (TPSA) is 95.5 Å². The number of amides is 1. The van der Waals surface area contributed by atoms with Crippen molar-refractivity contribution in [1.82, 2.24) is 10.0 Å². The summed E-state index contributed by atoms with van der Waals surface area (Å²) in [4.78, 5) is 12.1. The molecule has 0 saturated carbocycles. The summed E-state index contributed by atoms with van der Waals surface area (Å²) in [6, 6.07) is 5.87. The molecule has 6 nitrogen and oxygen atoms in total. The molecule has 0 saturated heterocycles. The minimum absolute atomic E-state index is 0.0595. The van der Waals surface area contributed by atoms with Crippen LogP contribution >= 0.6 is 0 Å². The first-order chi connectivity index (χ1) is 10.3. The third-order valence-corrected chi connectivity index (χ3v) is 4.78. The molecule has 7 heteroatoms. The second kappa shape index (κ2) is 8.26. The predicted octanol–water partition coefficient (Wildman–Crippen LogP) is 1.12. The maximum atomic E-state index is 12.0. The number of aliphatic hydroxyl groups excluding tert-OH is 1. The van der Waals surface area contributed by atoms with Gasteiger partial charge in [-0.3, -0.25) is 4.79 Å². The third-order valence-electron chi connectivity index (χ3n) is 3.24. The van der Waals surface area contributed by atoms with Crippen LogP contribution in [0.2, 0.25) is 0 Å². The largest absolute Gasteiger partial charge is 0.393 e. The molecule has 1 rings (SSSR count). The van der Waals surface area contributed by atoms with Crippen LogP contribution < -0.4 is 10.0 Å². The number of hydrogen-bond acceptors (Lipinski definition) is 4. The zero-order valence-electron chi connectivity index (χ0n) is 13.2. The summed E-state index contributed by atoms with van der Waals surface area (Å²) >= 11 is 0. The van der Waals surface area contributed by atoms with E-state index in [-0.39, 0.29) is 28.8 Å². The van der Waals surface area contributed by atoms with E-state index in [0.29, 0.717) is 13.0 Å². The Hall–Kier alpha value is -1.44. The molecule has 22 heavy (non-hydrogen) atoms. The van der Waals surface area contributed by atoms with E-state index in [1.807, 2.05) is 13.8 Å². The molecule has 0 fully saturated rings. The summed E-state index contributed by atoms with van der Waals surface area (Å²) in [5, 5.41) is 12.4. The van der Waals surface area contributed by atoms with E-state index >= 15 is 0 Å². The molecular weight excluding hydrogens is 304 g/mol. The van der Waals surface area contributed by atoms with E-state index in [1.165, 1.54) is 18.2 Å². The van der Waals surface area contributed by atoms with Crippen molar-refractivity contribution < 1.29 is 18.3 Å². The van der Waals surface area contributed by atoms with Gasteiger partial charge in [0, 0.05) is 18.7 Å². The van der Waals surface area contributed by atoms with Gasteiger partial charge in [0.25, 0.3) is 5.91 Å². The molecular formula is C15H24N2O4S. The maximum absolute atomic E-state index is 12.0. The molecule has 1 atom stereocenters. The van der Waals surface area contributed by atoms with Gasteiger partial charge in [-0.2, -0.15) is 0 Å². The van der Waals surface area contributed by atoms with Crippen molar-refractivity contribution in [2.75, 3.05) is 13.1 Å². The van der Waals surface area contributed by atoms with Crippen molar-refractivity contribution in [1.29, 1.82) is 0 Å². The van der Waals surface area contributed by atoms with Crippen LogP contribution in [0.1, 0.15) is 37.6 Å². The lowest BCUT2D eigenvalue weighted by Gasteiger charge is -2.14. The molecule has 124 valence electrons. The van der Waals surface area contributed by atoms with Crippen LogP contribution in [-0.4, -0.2) is 38.6 Å². The minimum Gasteiger partial charge on any atom is -0.393 e. The van der Waals surface area contributed by atoms with Gasteiger partial charge in [0.2, 0.25) is 10.0 Å². The first kappa shape index (κ1) is 18.6. The highest BCUT2D eigenvalue weighted by Gasteiger charge is 2.15. The van der Waals surface area contributed by atoms with Gasteiger partial charge >= 0.3 is 0 Å². The molecule has 3 N–H and O–H groups in total. The Kier molecular flexibility index (Phi) is 6.99. The highest BCUT2D eigenvalue weighted by atomic mass is 32.2. The van der Waals surface area contributed by atoms with E-state index < -0.39 is 16.1 Å². The number of benzene rings is 1. The molecule has 0 aromatic heterocycles. The average molecular weight is 328 g/mol. The quantitative estimate of drug-likeness (QED) is 0.666. The van der Waals surface area contributed by atoms with Gasteiger partial charge in [0.15, 0.2) is 0 Å². The number of sulfonamides is 1. The monoisotopic (exact) mass is 328 g/mol. The molecule has 0 radical (unpaired) electrons. The Labute approximate surface area is 132 Å². The Morgan fingerprint density at radius 3 is 2.59 bits per heavy atom. The van der Waals surface area contributed by atoms with Crippen molar-refractivity contribution >= 4 is 15.9 Å².